The molecule has 4 nitrogen and oxygen atoms in total. The summed E-state index contributed by atoms with van der Waals surface area (Å²) in [6.45, 7) is 2.19. The number of benzene rings is 2. The fourth-order valence-corrected chi connectivity index (χ4v) is 3.33. The summed E-state index contributed by atoms with van der Waals surface area (Å²) in [5.74, 6) is -0.0529. The quantitative estimate of drug-likeness (QED) is 0.561. The number of hydrogen-bond donors (Lipinski definition) is 2. The molecule has 0 fully saturated rings. The van der Waals surface area contributed by atoms with Gasteiger partial charge < -0.3 is 10.6 Å². The number of anilines is 3. The summed E-state index contributed by atoms with van der Waals surface area (Å²) in [5.41, 5.74) is 3.89. The lowest BCUT2D eigenvalue weighted by molar-refractivity contribution is -0.115. The van der Waals surface area contributed by atoms with Crippen molar-refractivity contribution in [1.82, 2.24) is 4.98 Å². The van der Waals surface area contributed by atoms with Gasteiger partial charge in [0.15, 0.2) is 5.13 Å². The maximum Gasteiger partial charge on any atom is 0.230 e. The predicted molar refractivity (Wildman–Crippen MR) is 109 cm³/mol. The molecule has 26 heavy (non-hydrogen) atoms. The summed E-state index contributed by atoms with van der Waals surface area (Å²) in [7, 11) is 0. The van der Waals surface area contributed by atoms with Gasteiger partial charge in [-0.3, -0.25) is 4.79 Å². The van der Waals surface area contributed by atoms with E-state index in [0.29, 0.717) is 0 Å². The van der Waals surface area contributed by atoms with Gasteiger partial charge >= 0.3 is 0 Å². The molecule has 2 N–H and O–H groups in total. The number of nitrogens with one attached hydrogen (secondary N) is 2. The second-order valence-electron chi connectivity index (χ2n) is 6.16. The van der Waals surface area contributed by atoms with Gasteiger partial charge in [-0.15, -0.1) is 11.3 Å². The molecule has 0 saturated heterocycles. The van der Waals surface area contributed by atoms with Crippen LogP contribution >= 0.6 is 11.3 Å². The van der Waals surface area contributed by atoms with Crippen LogP contribution in [0.5, 0.6) is 0 Å². The fraction of sp³-hybridized carbons (Fsp3) is 0.238. The Kier molecular flexibility index (Phi) is 6.39. The molecule has 0 aliphatic heterocycles. The van der Waals surface area contributed by atoms with E-state index in [1.54, 1.807) is 0 Å². The standard InChI is InChI=1S/C21H23N3OS/c1-2-3-7-16-10-12-18(13-11-16)22-20(25)14-19-15-26-21(24-19)23-17-8-5-4-6-9-17/h4-6,8-13,15H,2-3,7,14H2,1H3,(H,22,25)(H,23,24). The van der Waals surface area contributed by atoms with E-state index < -0.39 is 0 Å². The first kappa shape index (κ1) is 18.1. The molecule has 2 aromatic carbocycles. The average Bonchev–Trinajstić information content (AvgIpc) is 3.08. The van der Waals surface area contributed by atoms with Gasteiger partial charge in [0.05, 0.1) is 12.1 Å². The molecule has 0 aliphatic rings. The maximum atomic E-state index is 12.2. The molecule has 1 aromatic heterocycles. The Morgan fingerprint density at radius 3 is 2.54 bits per heavy atom. The van der Waals surface area contributed by atoms with Crippen molar-refractivity contribution in [2.75, 3.05) is 10.6 Å². The van der Waals surface area contributed by atoms with Gasteiger partial charge in [0.25, 0.3) is 0 Å². The zero-order valence-corrected chi connectivity index (χ0v) is 15.7. The normalized spacial score (nSPS) is 10.5. The molecule has 3 aromatic rings. The van der Waals surface area contributed by atoms with Crippen molar-refractivity contribution in [3.8, 4) is 0 Å². The summed E-state index contributed by atoms with van der Waals surface area (Å²) in [6.07, 6.45) is 3.73. The van der Waals surface area contributed by atoms with Crippen molar-refractivity contribution in [3.63, 3.8) is 0 Å². The minimum atomic E-state index is -0.0529. The number of nitrogens with zero attached hydrogens (tertiary/aromatic N) is 1. The highest BCUT2D eigenvalue weighted by Gasteiger charge is 2.08. The van der Waals surface area contributed by atoms with Gasteiger partial charge in [-0.05, 0) is 42.7 Å². The van der Waals surface area contributed by atoms with Crippen molar-refractivity contribution >= 4 is 33.8 Å². The van der Waals surface area contributed by atoms with Crippen molar-refractivity contribution in [2.45, 2.75) is 32.6 Å². The third-order valence-electron chi connectivity index (χ3n) is 3.98. The molecule has 0 aliphatic carbocycles. The van der Waals surface area contributed by atoms with Crippen LogP contribution in [0.25, 0.3) is 0 Å². The van der Waals surface area contributed by atoms with Gasteiger partial charge in [-0.2, -0.15) is 0 Å². The molecule has 5 heteroatoms. The van der Waals surface area contributed by atoms with Gasteiger partial charge in [0.1, 0.15) is 0 Å². The Balaban J connectivity index is 1.52. The minimum Gasteiger partial charge on any atom is -0.332 e. The summed E-state index contributed by atoms with van der Waals surface area (Å²) < 4.78 is 0. The predicted octanol–water partition coefficient (Wildman–Crippen LogP) is 5.41. The topological polar surface area (TPSA) is 54.0 Å². The van der Waals surface area contributed by atoms with E-state index in [0.717, 1.165) is 28.6 Å². The molecule has 3 rings (SSSR count). The lowest BCUT2D eigenvalue weighted by Crippen LogP contribution is -2.14. The Morgan fingerprint density at radius 1 is 1.04 bits per heavy atom. The Labute approximate surface area is 158 Å². The number of aryl methyl sites for hydroxylation is 1. The van der Waals surface area contributed by atoms with Crippen LogP contribution in [-0.2, 0) is 17.6 Å². The molecule has 0 spiro atoms. The van der Waals surface area contributed by atoms with E-state index in [2.05, 4.69) is 34.7 Å². The summed E-state index contributed by atoms with van der Waals surface area (Å²) in [5, 5.41) is 8.89. The second-order valence-corrected chi connectivity index (χ2v) is 7.02. The average molecular weight is 366 g/mol. The number of thiazole rings is 1. The fourth-order valence-electron chi connectivity index (χ4n) is 2.60. The van der Waals surface area contributed by atoms with Crippen molar-refractivity contribution in [3.05, 3.63) is 71.2 Å². The van der Waals surface area contributed by atoms with E-state index in [1.165, 1.54) is 29.7 Å². The largest absolute Gasteiger partial charge is 0.332 e. The van der Waals surface area contributed by atoms with E-state index in [9.17, 15) is 4.79 Å². The van der Waals surface area contributed by atoms with Crippen molar-refractivity contribution in [1.29, 1.82) is 0 Å². The number of unbranched alkanes of at least 4 members (excludes halogenated alkanes) is 1. The zero-order valence-electron chi connectivity index (χ0n) is 14.9. The Morgan fingerprint density at radius 2 is 1.81 bits per heavy atom. The highest BCUT2D eigenvalue weighted by Crippen LogP contribution is 2.21. The first-order valence-electron chi connectivity index (χ1n) is 8.88. The SMILES string of the molecule is CCCCc1ccc(NC(=O)Cc2csc(Nc3ccccc3)n2)cc1. The molecule has 0 bridgehead atoms. The highest BCUT2D eigenvalue weighted by atomic mass is 32.1. The Bertz CT molecular complexity index is 828. The highest BCUT2D eigenvalue weighted by molar-refractivity contribution is 7.13. The molecular weight excluding hydrogens is 342 g/mol. The van der Waals surface area contributed by atoms with Crippen molar-refractivity contribution < 1.29 is 4.79 Å². The molecule has 0 unspecified atom stereocenters. The number of rotatable bonds is 8. The van der Waals surface area contributed by atoms with E-state index in [1.807, 2.05) is 47.8 Å². The number of carbonyl (C=O) groups is 1. The smallest absolute Gasteiger partial charge is 0.230 e. The molecule has 134 valence electrons. The maximum absolute atomic E-state index is 12.2. The minimum absolute atomic E-state index is 0.0529. The number of aromatic nitrogens is 1. The van der Waals surface area contributed by atoms with Gasteiger partial charge in [-0.1, -0.05) is 43.7 Å². The van der Waals surface area contributed by atoms with Crippen LogP contribution in [0.3, 0.4) is 0 Å². The van der Waals surface area contributed by atoms with Gasteiger partial charge in [0.2, 0.25) is 5.91 Å². The van der Waals surface area contributed by atoms with Gasteiger partial charge in [0, 0.05) is 16.8 Å². The molecule has 1 heterocycles. The second kappa shape index (κ2) is 9.15. The molecule has 0 saturated carbocycles. The lowest BCUT2D eigenvalue weighted by Gasteiger charge is -2.06. The van der Waals surface area contributed by atoms with Crippen LogP contribution in [0, 0.1) is 0 Å². The number of amides is 1. The van der Waals surface area contributed by atoms with Crippen LogP contribution in [0.2, 0.25) is 0 Å². The molecule has 1 amide bonds. The van der Waals surface area contributed by atoms with Crippen LogP contribution in [0.15, 0.2) is 60.0 Å². The summed E-state index contributed by atoms with van der Waals surface area (Å²) >= 11 is 1.50. The molecule has 0 radical (unpaired) electrons. The third-order valence-corrected chi connectivity index (χ3v) is 4.78. The molecule has 0 atom stereocenters. The van der Waals surface area contributed by atoms with Crippen LogP contribution in [0.4, 0.5) is 16.5 Å². The molecular formula is C21H23N3OS. The van der Waals surface area contributed by atoms with Crippen LogP contribution in [0.1, 0.15) is 31.0 Å². The summed E-state index contributed by atoms with van der Waals surface area (Å²) in [6, 6.07) is 18.0. The van der Waals surface area contributed by atoms with Gasteiger partial charge in [-0.25, -0.2) is 4.98 Å². The summed E-state index contributed by atoms with van der Waals surface area (Å²) in [4.78, 5) is 16.7. The first-order valence-corrected chi connectivity index (χ1v) is 9.76. The van der Waals surface area contributed by atoms with Crippen LogP contribution < -0.4 is 10.6 Å². The van der Waals surface area contributed by atoms with E-state index in [-0.39, 0.29) is 12.3 Å². The zero-order chi connectivity index (χ0) is 18.2. The van der Waals surface area contributed by atoms with Crippen LogP contribution in [-0.4, -0.2) is 10.9 Å². The number of carbonyl (C=O) groups excluding carboxylic acids is 1. The third kappa shape index (κ3) is 5.43. The number of hydrogen-bond acceptors (Lipinski definition) is 4. The van der Waals surface area contributed by atoms with E-state index >= 15 is 0 Å². The number of para-hydroxylation sites is 1. The first-order chi connectivity index (χ1) is 12.7. The monoisotopic (exact) mass is 365 g/mol. The van der Waals surface area contributed by atoms with E-state index in [4.69, 9.17) is 0 Å². The Hall–Kier alpha value is -2.66. The lowest BCUT2D eigenvalue weighted by atomic mass is 10.1. The van der Waals surface area contributed by atoms with Crippen molar-refractivity contribution in [2.24, 2.45) is 0 Å².